The Hall–Kier alpha value is -2.90. The zero-order chi connectivity index (χ0) is 24.8. The molecule has 188 valence electrons. The molecule has 0 saturated carbocycles. The van der Waals surface area contributed by atoms with Gasteiger partial charge in [0.15, 0.2) is 0 Å². The molecule has 1 spiro atoms. The number of methoxy groups -OCH3 is 1. The Kier molecular flexibility index (Phi) is 8.08. The highest BCUT2D eigenvalue weighted by Crippen LogP contribution is 2.46. The first-order chi connectivity index (χ1) is 16.9. The molecule has 0 aliphatic carbocycles. The van der Waals surface area contributed by atoms with Crippen LogP contribution < -0.4 is 4.90 Å². The Labute approximate surface area is 208 Å². The number of hydrogen-bond acceptors (Lipinski definition) is 4. The van der Waals surface area contributed by atoms with E-state index in [0.29, 0.717) is 38.6 Å². The van der Waals surface area contributed by atoms with Crippen molar-refractivity contribution in [3.63, 3.8) is 0 Å². The molecule has 7 nitrogen and oxygen atoms in total. The fourth-order valence-electron chi connectivity index (χ4n) is 5.44. The predicted octanol–water partition coefficient (Wildman–Crippen LogP) is 4.35. The van der Waals surface area contributed by atoms with E-state index in [9.17, 15) is 9.59 Å². The van der Waals surface area contributed by atoms with Gasteiger partial charge in [0.2, 0.25) is 5.91 Å². The van der Waals surface area contributed by atoms with Crippen LogP contribution in [0.4, 0.5) is 10.5 Å². The maximum atomic E-state index is 13.7. The Balaban J connectivity index is 1.66. The molecule has 0 unspecified atom stereocenters. The number of benzene rings is 2. The van der Waals surface area contributed by atoms with E-state index in [4.69, 9.17) is 9.47 Å². The van der Waals surface area contributed by atoms with Gasteiger partial charge >= 0.3 is 6.03 Å². The van der Waals surface area contributed by atoms with Crippen LogP contribution in [0.3, 0.4) is 0 Å². The lowest BCUT2D eigenvalue weighted by molar-refractivity contribution is -0.141. The summed E-state index contributed by atoms with van der Waals surface area (Å²) < 4.78 is 10.6. The molecule has 2 atom stereocenters. The first-order valence-corrected chi connectivity index (χ1v) is 12.5. The van der Waals surface area contributed by atoms with Crippen molar-refractivity contribution in [1.82, 2.24) is 9.80 Å². The van der Waals surface area contributed by atoms with Crippen LogP contribution in [0, 0.1) is 5.92 Å². The predicted molar refractivity (Wildman–Crippen MR) is 136 cm³/mol. The van der Waals surface area contributed by atoms with Crippen molar-refractivity contribution in [2.24, 2.45) is 5.92 Å². The zero-order valence-corrected chi connectivity index (χ0v) is 21.1. The van der Waals surface area contributed by atoms with Crippen LogP contribution in [0.25, 0.3) is 0 Å². The third kappa shape index (κ3) is 5.52. The maximum absolute atomic E-state index is 13.7. The number of amides is 3. The Morgan fingerprint density at radius 3 is 2.40 bits per heavy atom. The van der Waals surface area contributed by atoms with Gasteiger partial charge in [0, 0.05) is 32.4 Å². The van der Waals surface area contributed by atoms with Gasteiger partial charge in [-0.1, -0.05) is 62.4 Å². The molecular weight excluding hydrogens is 442 g/mol. The minimum absolute atomic E-state index is 0.0283. The second-order valence-corrected chi connectivity index (χ2v) is 9.97. The zero-order valence-electron chi connectivity index (χ0n) is 21.1. The van der Waals surface area contributed by atoms with Crippen LogP contribution in [0.5, 0.6) is 0 Å². The lowest BCUT2D eigenvalue weighted by Crippen LogP contribution is -2.57. The van der Waals surface area contributed by atoms with Crippen LogP contribution in [-0.4, -0.2) is 73.8 Å². The first kappa shape index (κ1) is 25.2. The van der Waals surface area contributed by atoms with E-state index < -0.39 is 0 Å². The Bertz CT molecular complexity index is 984. The highest BCUT2D eigenvalue weighted by Gasteiger charge is 2.54. The Morgan fingerprint density at radius 2 is 1.74 bits per heavy atom. The molecule has 4 rings (SSSR count). The smallest absolute Gasteiger partial charge is 0.325 e. The molecule has 2 fully saturated rings. The van der Waals surface area contributed by atoms with Gasteiger partial charge in [-0.2, -0.15) is 0 Å². The number of urea groups is 1. The second-order valence-electron chi connectivity index (χ2n) is 9.97. The molecule has 0 bridgehead atoms. The van der Waals surface area contributed by atoms with Crippen LogP contribution in [0.2, 0.25) is 0 Å². The molecule has 0 radical (unpaired) electrons. The van der Waals surface area contributed by atoms with E-state index in [1.54, 1.807) is 7.11 Å². The number of carbonyl (C=O) groups excluding carboxylic acids is 2. The molecule has 2 aromatic carbocycles. The van der Waals surface area contributed by atoms with E-state index in [0.717, 1.165) is 24.2 Å². The minimum Gasteiger partial charge on any atom is -0.382 e. The third-order valence-corrected chi connectivity index (χ3v) is 6.95. The highest BCUT2D eigenvalue weighted by molar-refractivity contribution is 5.96. The topological polar surface area (TPSA) is 62.3 Å². The number of rotatable bonds is 9. The summed E-state index contributed by atoms with van der Waals surface area (Å²) >= 11 is 0. The minimum atomic E-state index is -0.387. The normalized spacial score (nSPS) is 22.5. The number of para-hydroxylation sites is 1. The van der Waals surface area contributed by atoms with Gasteiger partial charge in [-0.3, -0.25) is 9.69 Å². The lowest BCUT2D eigenvalue weighted by Gasteiger charge is -2.48. The SMILES string of the molecule is COCCOCC(=O)N1CC[C@]2(C[C@@H]1c1ccccc1)CN(CC(C)C)C(=O)N2c1ccccc1. The van der Waals surface area contributed by atoms with Crippen molar-refractivity contribution >= 4 is 17.6 Å². The van der Waals surface area contributed by atoms with Gasteiger partial charge in [0.1, 0.15) is 6.61 Å². The van der Waals surface area contributed by atoms with E-state index in [1.807, 2.05) is 63.2 Å². The molecule has 2 aliphatic rings. The molecule has 0 aromatic heterocycles. The van der Waals surface area contributed by atoms with Crippen molar-refractivity contribution in [3.8, 4) is 0 Å². The summed E-state index contributed by atoms with van der Waals surface area (Å²) in [5.74, 6) is 0.349. The first-order valence-electron chi connectivity index (χ1n) is 12.5. The van der Waals surface area contributed by atoms with Crippen LogP contribution in [-0.2, 0) is 14.3 Å². The van der Waals surface area contributed by atoms with Crippen molar-refractivity contribution in [2.75, 3.05) is 51.5 Å². The highest BCUT2D eigenvalue weighted by atomic mass is 16.5. The fourth-order valence-corrected chi connectivity index (χ4v) is 5.44. The lowest BCUT2D eigenvalue weighted by atomic mass is 9.79. The van der Waals surface area contributed by atoms with Gasteiger partial charge in [-0.05, 0) is 36.5 Å². The van der Waals surface area contributed by atoms with Crippen LogP contribution in [0.15, 0.2) is 60.7 Å². The van der Waals surface area contributed by atoms with Crippen LogP contribution >= 0.6 is 0 Å². The van der Waals surface area contributed by atoms with Gasteiger partial charge in [-0.25, -0.2) is 4.79 Å². The maximum Gasteiger partial charge on any atom is 0.325 e. The summed E-state index contributed by atoms with van der Waals surface area (Å²) in [4.78, 5) is 32.9. The summed E-state index contributed by atoms with van der Waals surface area (Å²) in [5.41, 5.74) is 1.61. The largest absolute Gasteiger partial charge is 0.382 e. The van der Waals surface area contributed by atoms with Crippen molar-refractivity contribution < 1.29 is 19.1 Å². The number of nitrogens with zero attached hydrogens (tertiary/aromatic N) is 3. The quantitative estimate of drug-likeness (QED) is 0.502. The standard InChI is InChI=1S/C28H37N3O4/c1-22(2)19-29-21-28(31(27(29)33)24-12-8-5-9-13-24)14-15-30(26(32)20-35-17-16-34-3)25(18-28)23-10-6-4-7-11-23/h4-13,22,25H,14-21H2,1-3H3/t25-,28+/m1/s1. The molecule has 7 heteroatoms. The van der Waals surface area contributed by atoms with Crippen molar-refractivity contribution in [1.29, 1.82) is 0 Å². The number of carbonyl (C=O) groups is 2. The molecule has 35 heavy (non-hydrogen) atoms. The molecule has 3 amide bonds. The fraction of sp³-hybridized carbons (Fsp3) is 0.500. The van der Waals surface area contributed by atoms with E-state index in [2.05, 4.69) is 26.0 Å². The summed E-state index contributed by atoms with van der Waals surface area (Å²) in [5, 5.41) is 0. The summed E-state index contributed by atoms with van der Waals surface area (Å²) in [7, 11) is 1.62. The molecule has 0 N–H and O–H groups in total. The summed E-state index contributed by atoms with van der Waals surface area (Å²) in [6, 6.07) is 20.0. The van der Waals surface area contributed by atoms with Crippen LogP contribution in [0.1, 0.15) is 38.3 Å². The molecular formula is C28H37N3O4. The number of anilines is 1. The summed E-state index contributed by atoms with van der Waals surface area (Å²) in [6.45, 7) is 7.10. The van der Waals surface area contributed by atoms with Gasteiger partial charge < -0.3 is 19.3 Å². The number of likely N-dealkylation sites (tertiary alicyclic amines) is 1. The average Bonchev–Trinajstić information content (AvgIpc) is 3.12. The molecule has 2 heterocycles. The molecule has 2 aromatic rings. The van der Waals surface area contributed by atoms with E-state index >= 15 is 0 Å². The summed E-state index contributed by atoms with van der Waals surface area (Å²) in [6.07, 6.45) is 1.39. The molecule has 2 aliphatic heterocycles. The van der Waals surface area contributed by atoms with E-state index in [-0.39, 0.29) is 30.1 Å². The van der Waals surface area contributed by atoms with Gasteiger partial charge in [-0.15, -0.1) is 0 Å². The van der Waals surface area contributed by atoms with Crippen molar-refractivity contribution in [2.45, 2.75) is 38.3 Å². The monoisotopic (exact) mass is 479 g/mol. The number of hydrogen-bond donors (Lipinski definition) is 0. The number of ether oxygens (including phenoxy) is 2. The molecule has 2 saturated heterocycles. The Morgan fingerprint density at radius 1 is 1.06 bits per heavy atom. The average molecular weight is 480 g/mol. The van der Waals surface area contributed by atoms with Crippen molar-refractivity contribution in [3.05, 3.63) is 66.2 Å². The third-order valence-electron chi connectivity index (χ3n) is 6.95. The van der Waals surface area contributed by atoms with Gasteiger partial charge in [0.05, 0.1) is 24.8 Å². The number of piperidine rings is 1. The second kappa shape index (κ2) is 11.2. The van der Waals surface area contributed by atoms with Gasteiger partial charge in [0.25, 0.3) is 0 Å². The van der Waals surface area contributed by atoms with E-state index in [1.165, 1.54) is 0 Å².